The summed E-state index contributed by atoms with van der Waals surface area (Å²) in [6.45, 7) is 7.55. The van der Waals surface area contributed by atoms with Gasteiger partial charge in [0.2, 0.25) is 0 Å². The van der Waals surface area contributed by atoms with Gasteiger partial charge in [-0.3, -0.25) is 0 Å². The van der Waals surface area contributed by atoms with E-state index in [2.05, 4.69) is 72.3 Å². The lowest BCUT2D eigenvalue weighted by Gasteiger charge is -2.18. The number of nitrogens with one attached hydrogen (secondary N) is 1. The van der Waals surface area contributed by atoms with Crippen molar-refractivity contribution in [2.45, 2.75) is 39.7 Å². The zero-order chi connectivity index (χ0) is 14.5. The summed E-state index contributed by atoms with van der Waals surface area (Å²) in [4.78, 5) is 1.44. The highest BCUT2D eigenvalue weighted by molar-refractivity contribution is 9.11. The van der Waals surface area contributed by atoms with Crippen LogP contribution < -0.4 is 5.32 Å². The Morgan fingerprint density at radius 2 is 1.80 bits per heavy atom. The number of benzene rings is 1. The molecule has 2 rings (SSSR count). The molecule has 3 heteroatoms. The number of thiophene rings is 1. The lowest BCUT2D eigenvalue weighted by molar-refractivity contribution is 0.524. The second-order valence-corrected chi connectivity index (χ2v) is 7.91. The monoisotopic (exact) mass is 351 g/mol. The third-order valence-corrected chi connectivity index (χ3v) is 4.98. The Morgan fingerprint density at radius 1 is 1.10 bits per heavy atom. The van der Waals surface area contributed by atoms with Gasteiger partial charge in [-0.25, -0.2) is 0 Å². The van der Waals surface area contributed by atoms with Crippen molar-refractivity contribution in [1.82, 2.24) is 5.32 Å². The molecule has 1 aromatic carbocycles. The van der Waals surface area contributed by atoms with Crippen molar-refractivity contribution in [3.05, 3.63) is 55.7 Å². The molecule has 0 saturated carbocycles. The second kappa shape index (κ2) is 7.39. The lowest BCUT2D eigenvalue weighted by Crippen LogP contribution is -2.32. The van der Waals surface area contributed by atoms with E-state index in [1.165, 1.54) is 25.4 Å². The molecule has 0 fully saturated rings. The first-order chi connectivity index (χ1) is 9.56. The number of rotatable bonds is 6. The number of halogens is 1. The van der Waals surface area contributed by atoms with Crippen LogP contribution >= 0.6 is 27.3 Å². The highest BCUT2D eigenvalue weighted by atomic mass is 79.9. The third kappa shape index (κ3) is 4.72. The van der Waals surface area contributed by atoms with E-state index >= 15 is 0 Å². The van der Waals surface area contributed by atoms with Gasteiger partial charge in [0, 0.05) is 10.9 Å². The van der Waals surface area contributed by atoms with Gasteiger partial charge in [-0.05, 0) is 66.9 Å². The minimum atomic E-state index is 0.506. The first-order valence-corrected chi connectivity index (χ1v) is 8.72. The molecule has 0 amide bonds. The summed E-state index contributed by atoms with van der Waals surface area (Å²) in [5, 5.41) is 3.62. The topological polar surface area (TPSA) is 12.0 Å². The summed E-state index contributed by atoms with van der Waals surface area (Å²) in [7, 11) is 0. The van der Waals surface area contributed by atoms with Crippen LogP contribution in [0.4, 0.5) is 0 Å². The maximum absolute atomic E-state index is 3.62. The van der Waals surface area contributed by atoms with E-state index in [0.717, 1.165) is 19.4 Å². The molecule has 0 spiro atoms. The summed E-state index contributed by atoms with van der Waals surface area (Å²) in [5.41, 5.74) is 4.15. The van der Waals surface area contributed by atoms with Crippen LogP contribution in [-0.2, 0) is 12.8 Å². The molecule has 0 saturated heterocycles. The Kier molecular flexibility index (Phi) is 5.82. The molecule has 0 aliphatic carbocycles. The van der Waals surface area contributed by atoms with Crippen molar-refractivity contribution in [2.24, 2.45) is 0 Å². The van der Waals surface area contributed by atoms with Crippen LogP contribution in [0.2, 0.25) is 0 Å². The van der Waals surface area contributed by atoms with E-state index in [0.29, 0.717) is 6.04 Å². The molecule has 2 aromatic rings. The van der Waals surface area contributed by atoms with Crippen LogP contribution in [0.1, 0.15) is 28.5 Å². The molecule has 0 aliphatic rings. The Balaban J connectivity index is 2.08. The van der Waals surface area contributed by atoms with E-state index in [4.69, 9.17) is 0 Å². The quantitative estimate of drug-likeness (QED) is 0.780. The first-order valence-electron chi connectivity index (χ1n) is 7.11. The van der Waals surface area contributed by atoms with E-state index < -0.39 is 0 Å². The molecule has 0 aliphatic heterocycles. The highest BCUT2D eigenvalue weighted by Crippen LogP contribution is 2.24. The van der Waals surface area contributed by atoms with Crippen molar-refractivity contribution < 1.29 is 0 Å². The standard InChI is InChI=1S/C17H22BrNS/c1-4-19-15(11-16-5-6-17(18)20-16)10-14-8-12(2)7-13(3)9-14/h5-9,15,19H,4,10-11H2,1-3H3. The normalized spacial score (nSPS) is 12.6. The molecular weight excluding hydrogens is 330 g/mol. The van der Waals surface area contributed by atoms with Crippen LogP contribution in [0.5, 0.6) is 0 Å². The van der Waals surface area contributed by atoms with Gasteiger partial charge in [-0.15, -0.1) is 11.3 Å². The van der Waals surface area contributed by atoms with Crippen LogP contribution in [0, 0.1) is 13.8 Å². The number of aryl methyl sites for hydroxylation is 2. The van der Waals surface area contributed by atoms with Gasteiger partial charge in [-0.1, -0.05) is 36.2 Å². The van der Waals surface area contributed by atoms with Gasteiger partial charge in [0.05, 0.1) is 3.79 Å². The van der Waals surface area contributed by atoms with Gasteiger partial charge in [0.15, 0.2) is 0 Å². The molecule has 1 unspecified atom stereocenters. The zero-order valence-electron chi connectivity index (χ0n) is 12.4. The van der Waals surface area contributed by atoms with E-state index in [-0.39, 0.29) is 0 Å². The Morgan fingerprint density at radius 3 is 2.35 bits per heavy atom. The Bertz CT molecular complexity index is 542. The number of hydrogen-bond donors (Lipinski definition) is 1. The van der Waals surface area contributed by atoms with Crippen LogP contribution in [-0.4, -0.2) is 12.6 Å². The summed E-state index contributed by atoms with van der Waals surface area (Å²) < 4.78 is 1.22. The fourth-order valence-corrected chi connectivity index (χ4v) is 4.24. The van der Waals surface area contributed by atoms with Gasteiger partial charge in [0.25, 0.3) is 0 Å². The number of hydrogen-bond acceptors (Lipinski definition) is 2. The fraction of sp³-hybridized carbons (Fsp3) is 0.412. The molecule has 1 heterocycles. The van der Waals surface area contributed by atoms with Crippen LogP contribution in [0.15, 0.2) is 34.1 Å². The van der Waals surface area contributed by atoms with E-state index in [1.807, 2.05) is 11.3 Å². The predicted octanol–water partition coefficient (Wildman–Crippen LogP) is 4.89. The van der Waals surface area contributed by atoms with Crippen molar-refractivity contribution in [3.8, 4) is 0 Å². The fourth-order valence-electron chi connectivity index (χ4n) is 2.68. The Hall–Kier alpha value is -0.640. The maximum Gasteiger partial charge on any atom is 0.0701 e. The van der Waals surface area contributed by atoms with Crippen molar-refractivity contribution >= 4 is 27.3 Å². The molecule has 108 valence electrons. The highest BCUT2D eigenvalue weighted by Gasteiger charge is 2.11. The summed E-state index contributed by atoms with van der Waals surface area (Å²) in [6, 6.07) is 11.7. The molecule has 0 bridgehead atoms. The van der Waals surface area contributed by atoms with Crippen molar-refractivity contribution in [3.63, 3.8) is 0 Å². The second-order valence-electron chi connectivity index (χ2n) is 5.36. The average Bonchev–Trinajstić information content (AvgIpc) is 2.73. The van der Waals surface area contributed by atoms with Crippen molar-refractivity contribution in [2.75, 3.05) is 6.54 Å². The minimum Gasteiger partial charge on any atom is -0.314 e. The molecule has 0 radical (unpaired) electrons. The Labute approximate surface area is 134 Å². The molecule has 1 N–H and O–H groups in total. The lowest BCUT2D eigenvalue weighted by atomic mass is 9.99. The van der Waals surface area contributed by atoms with Gasteiger partial charge in [-0.2, -0.15) is 0 Å². The molecule has 20 heavy (non-hydrogen) atoms. The van der Waals surface area contributed by atoms with Crippen LogP contribution in [0.3, 0.4) is 0 Å². The van der Waals surface area contributed by atoms with E-state index in [1.54, 1.807) is 0 Å². The first kappa shape index (κ1) is 15.7. The van der Waals surface area contributed by atoms with Gasteiger partial charge < -0.3 is 5.32 Å². The summed E-state index contributed by atoms with van der Waals surface area (Å²) >= 11 is 5.38. The largest absolute Gasteiger partial charge is 0.314 e. The summed E-state index contributed by atoms with van der Waals surface area (Å²) in [5.74, 6) is 0. The van der Waals surface area contributed by atoms with Gasteiger partial charge in [0.1, 0.15) is 0 Å². The minimum absolute atomic E-state index is 0.506. The number of likely N-dealkylation sites (N-methyl/N-ethyl adjacent to an activating group) is 1. The molecule has 1 nitrogen and oxygen atoms in total. The average molecular weight is 352 g/mol. The molecular formula is C17H22BrNS. The predicted molar refractivity (Wildman–Crippen MR) is 92.8 cm³/mol. The van der Waals surface area contributed by atoms with Crippen molar-refractivity contribution in [1.29, 1.82) is 0 Å². The third-order valence-electron chi connectivity index (χ3n) is 3.33. The zero-order valence-corrected chi connectivity index (χ0v) is 14.8. The molecule has 1 aromatic heterocycles. The molecule has 1 atom stereocenters. The maximum atomic E-state index is 3.62. The van der Waals surface area contributed by atoms with Crippen LogP contribution in [0.25, 0.3) is 0 Å². The van der Waals surface area contributed by atoms with E-state index in [9.17, 15) is 0 Å². The van der Waals surface area contributed by atoms with Gasteiger partial charge >= 0.3 is 0 Å². The summed E-state index contributed by atoms with van der Waals surface area (Å²) in [6.07, 6.45) is 2.18. The SMILES string of the molecule is CCNC(Cc1cc(C)cc(C)c1)Cc1ccc(Br)s1. The smallest absolute Gasteiger partial charge is 0.0701 e.